The van der Waals surface area contributed by atoms with Crippen molar-refractivity contribution in [3.05, 3.63) is 104 Å². The number of carbonyl (C=O) groups is 1. The topological polar surface area (TPSA) is 148 Å². The number of hydrogen-bond acceptors (Lipinski definition) is 7. The van der Waals surface area contributed by atoms with Gasteiger partial charge in [-0.3, -0.25) is 25.0 Å². The molecule has 3 aromatic carbocycles. The number of nitrogens with one attached hydrogen (secondary N) is 1. The first kappa shape index (κ1) is 22.6. The number of benzene rings is 3. The summed E-state index contributed by atoms with van der Waals surface area (Å²) in [6.45, 7) is 0. The first-order valence-electron chi connectivity index (χ1n) is 9.16. The third kappa shape index (κ3) is 5.74. The van der Waals surface area contributed by atoms with Gasteiger partial charge in [0.05, 0.1) is 15.9 Å². The molecule has 11 heteroatoms. The highest BCUT2D eigenvalue weighted by Gasteiger charge is 2.21. The van der Waals surface area contributed by atoms with Gasteiger partial charge in [0.15, 0.2) is 0 Å². The Balaban J connectivity index is 1.76. The average Bonchev–Trinajstić information content (AvgIpc) is 2.80. The van der Waals surface area contributed by atoms with E-state index in [4.69, 9.17) is 4.74 Å². The fourth-order valence-corrected chi connectivity index (χ4v) is 2.65. The van der Waals surface area contributed by atoms with Gasteiger partial charge < -0.3 is 10.1 Å². The standard InChI is InChI=1S/C22H13FN4O6/c23-16-3-5-17(6-4-16)25-22(28)15(13-24)11-14-1-8-19(9-2-14)33-21-10-7-18(26(29)30)12-20(21)27(31)32/h1-12H,(H,25,28)/b15-11+. The molecule has 33 heavy (non-hydrogen) atoms. The number of nitrogens with zero attached hydrogens (tertiary/aromatic N) is 3. The van der Waals surface area contributed by atoms with Crippen molar-refractivity contribution < 1.29 is 23.8 Å². The van der Waals surface area contributed by atoms with Crippen LogP contribution in [0.3, 0.4) is 0 Å². The summed E-state index contributed by atoms with van der Waals surface area (Å²) < 4.78 is 18.4. The van der Waals surface area contributed by atoms with E-state index in [0.717, 1.165) is 18.2 Å². The summed E-state index contributed by atoms with van der Waals surface area (Å²) in [4.78, 5) is 32.8. The number of carbonyl (C=O) groups excluding carboxylic acids is 1. The van der Waals surface area contributed by atoms with E-state index in [-0.39, 0.29) is 17.1 Å². The van der Waals surface area contributed by atoms with Crippen molar-refractivity contribution in [3.63, 3.8) is 0 Å². The van der Waals surface area contributed by atoms with Crippen LogP contribution in [0.15, 0.2) is 72.3 Å². The summed E-state index contributed by atoms with van der Waals surface area (Å²) in [6, 6.07) is 15.7. The van der Waals surface area contributed by atoms with Gasteiger partial charge >= 0.3 is 5.69 Å². The summed E-state index contributed by atoms with van der Waals surface area (Å²) in [6.07, 6.45) is 1.32. The minimum Gasteiger partial charge on any atom is -0.450 e. The molecule has 0 fully saturated rings. The molecule has 164 valence electrons. The molecule has 3 aromatic rings. The number of nitro benzene ring substituents is 2. The molecule has 1 N–H and O–H groups in total. The monoisotopic (exact) mass is 448 g/mol. The van der Waals surface area contributed by atoms with Gasteiger partial charge in [-0.05, 0) is 54.1 Å². The van der Waals surface area contributed by atoms with E-state index in [1.807, 2.05) is 0 Å². The number of amides is 1. The molecule has 0 radical (unpaired) electrons. The molecule has 0 spiro atoms. The number of nitro groups is 2. The molecule has 0 aliphatic rings. The Kier molecular flexibility index (Phi) is 6.70. The predicted octanol–water partition coefficient (Wildman–Crippen LogP) is 4.98. The maximum atomic E-state index is 13.0. The normalized spacial score (nSPS) is 10.7. The van der Waals surface area contributed by atoms with Crippen LogP contribution in [0.5, 0.6) is 11.5 Å². The third-order valence-electron chi connectivity index (χ3n) is 4.24. The zero-order chi connectivity index (χ0) is 24.0. The van der Waals surface area contributed by atoms with Crippen molar-refractivity contribution in [2.24, 2.45) is 0 Å². The molecule has 10 nitrogen and oxygen atoms in total. The summed E-state index contributed by atoms with van der Waals surface area (Å²) >= 11 is 0. The number of rotatable bonds is 7. The number of nitriles is 1. The van der Waals surface area contributed by atoms with Crippen LogP contribution in [-0.4, -0.2) is 15.8 Å². The smallest absolute Gasteiger partial charge is 0.318 e. The van der Waals surface area contributed by atoms with Crippen LogP contribution in [0.1, 0.15) is 5.56 Å². The first-order valence-corrected chi connectivity index (χ1v) is 9.16. The third-order valence-corrected chi connectivity index (χ3v) is 4.24. The van der Waals surface area contributed by atoms with Gasteiger partial charge in [-0.25, -0.2) is 4.39 Å². The molecule has 0 atom stereocenters. The molecule has 0 bridgehead atoms. The number of halogens is 1. The molecule has 0 saturated carbocycles. The molecule has 0 aliphatic carbocycles. The van der Waals surface area contributed by atoms with Crippen LogP contribution in [0.25, 0.3) is 6.08 Å². The molecule has 1 amide bonds. The lowest BCUT2D eigenvalue weighted by atomic mass is 10.1. The second kappa shape index (κ2) is 9.80. The van der Waals surface area contributed by atoms with Crippen LogP contribution < -0.4 is 10.1 Å². The lowest BCUT2D eigenvalue weighted by Gasteiger charge is -2.07. The maximum absolute atomic E-state index is 13.0. The van der Waals surface area contributed by atoms with Crippen LogP contribution in [-0.2, 0) is 4.79 Å². The Labute approximate surface area is 185 Å². The summed E-state index contributed by atoms with van der Waals surface area (Å²) in [7, 11) is 0. The van der Waals surface area contributed by atoms with Gasteiger partial charge in [-0.2, -0.15) is 5.26 Å². The quantitative estimate of drug-likeness (QED) is 0.232. The van der Waals surface area contributed by atoms with Crippen LogP contribution in [0.4, 0.5) is 21.5 Å². The van der Waals surface area contributed by atoms with E-state index in [0.29, 0.717) is 11.3 Å². The van der Waals surface area contributed by atoms with E-state index in [1.54, 1.807) is 6.07 Å². The summed E-state index contributed by atoms with van der Waals surface area (Å²) in [5.41, 5.74) is -0.448. The molecule has 0 unspecified atom stereocenters. The highest BCUT2D eigenvalue weighted by atomic mass is 19.1. The average molecular weight is 448 g/mol. The number of hydrogen-bond donors (Lipinski definition) is 1. The number of ether oxygens (including phenoxy) is 1. The Morgan fingerprint density at radius 1 is 1.00 bits per heavy atom. The fraction of sp³-hybridized carbons (Fsp3) is 0. The second-order valence-corrected chi connectivity index (χ2v) is 6.47. The molecule has 0 aromatic heterocycles. The lowest BCUT2D eigenvalue weighted by Crippen LogP contribution is -2.13. The van der Waals surface area contributed by atoms with Crippen molar-refractivity contribution in [2.75, 3.05) is 5.32 Å². The van der Waals surface area contributed by atoms with E-state index in [1.165, 1.54) is 54.6 Å². The van der Waals surface area contributed by atoms with Gasteiger partial charge in [0.25, 0.3) is 11.6 Å². The summed E-state index contributed by atoms with van der Waals surface area (Å²) in [5, 5.41) is 33.8. The van der Waals surface area contributed by atoms with E-state index < -0.39 is 32.9 Å². The van der Waals surface area contributed by atoms with Crippen LogP contribution >= 0.6 is 0 Å². The number of non-ortho nitro benzene ring substituents is 1. The van der Waals surface area contributed by atoms with Crippen molar-refractivity contribution in [1.29, 1.82) is 5.26 Å². The molecule has 0 heterocycles. The lowest BCUT2D eigenvalue weighted by molar-refractivity contribution is -0.394. The Morgan fingerprint density at radius 2 is 1.67 bits per heavy atom. The van der Waals surface area contributed by atoms with Gasteiger partial charge in [0.1, 0.15) is 23.2 Å². The van der Waals surface area contributed by atoms with E-state index in [2.05, 4.69) is 5.32 Å². The van der Waals surface area contributed by atoms with E-state index in [9.17, 15) is 34.7 Å². The zero-order valence-electron chi connectivity index (χ0n) is 16.6. The number of anilines is 1. The first-order chi connectivity index (χ1) is 15.8. The minimum atomic E-state index is -0.793. The highest BCUT2D eigenvalue weighted by molar-refractivity contribution is 6.09. The highest BCUT2D eigenvalue weighted by Crippen LogP contribution is 2.34. The van der Waals surface area contributed by atoms with Gasteiger partial charge in [0, 0.05) is 11.8 Å². The maximum Gasteiger partial charge on any atom is 0.318 e. The Bertz CT molecular complexity index is 1300. The molecular weight excluding hydrogens is 435 g/mol. The van der Waals surface area contributed by atoms with Crippen LogP contribution in [0, 0.1) is 37.4 Å². The summed E-state index contributed by atoms with van der Waals surface area (Å²) in [5.74, 6) is -1.15. The molecule has 0 saturated heterocycles. The van der Waals surface area contributed by atoms with Crippen molar-refractivity contribution in [2.45, 2.75) is 0 Å². The van der Waals surface area contributed by atoms with Crippen molar-refractivity contribution in [1.82, 2.24) is 0 Å². The van der Waals surface area contributed by atoms with Crippen molar-refractivity contribution in [3.8, 4) is 17.6 Å². The largest absolute Gasteiger partial charge is 0.450 e. The Morgan fingerprint density at radius 3 is 2.24 bits per heavy atom. The zero-order valence-corrected chi connectivity index (χ0v) is 16.6. The minimum absolute atomic E-state index is 0.190. The van der Waals surface area contributed by atoms with Crippen molar-refractivity contribution >= 4 is 29.0 Å². The van der Waals surface area contributed by atoms with Gasteiger partial charge in [-0.1, -0.05) is 12.1 Å². The fourth-order valence-electron chi connectivity index (χ4n) is 2.65. The SMILES string of the molecule is N#C/C(=C\c1ccc(Oc2ccc([N+](=O)[O-])cc2[N+](=O)[O-])cc1)C(=O)Nc1ccc(F)cc1. The van der Waals surface area contributed by atoms with Crippen LogP contribution in [0.2, 0.25) is 0 Å². The van der Waals surface area contributed by atoms with Gasteiger partial charge in [0.2, 0.25) is 5.75 Å². The Hall–Kier alpha value is -5.11. The molecule has 0 aliphatic heterocycles. The molecule has 3 rings (SSSR count). The second-order valence-electron chi connectivity index (χ2n) is 6.47. The van der Waals surface area contributed by atoms with E-state index >= 15 is 0 Å². The molecular formula is C22H13FN4O6. The predicted molar refractivity (Wildman–Crippen MR) is 115 cm³/mol. The van der Waals surface area contributed by atoms with Gasteiger partial charge in [-0.15, -0.1) is 0 Å².